The molecule has 0 N–H and O–H groups in total. The Balaban J connectivity index is 1.27. The van der Waals surface area contributed by atoms with Crippen molar-refractivity contribution in [2.45, 2.75) is 0 Å². The summed E-state index contributed by atoms with van der Waals surface area (Å²) in [5, 5.41) is 36.7. The van der Waals surface area contributed by atoms with Crippen LogP contribution in [-0.4, -0.2) is 9.97 Å². The molecule has 3 aromatic carbocycles. The third-order valence-electron chi connectivity index (χ3n) is 5.56. The molecule has 0 aliphatic carbocycles. The van der Waals surface area contributed by atoms with Crippen molar-refractivity contribution >= 4 is 0 Å². The predicted octanol–water partition coefficient (Wildman–Crippen LogP) is 7.13. The summed E-state index contributed by atoms with van der Waals surface area (Å²) >= 11 is 0. The Morgan fingerprint density at radius 3 is 1.07 bits per heavy atom. The lowest BCUT2D eigenvalue weighted by Gasteiger charge is -2.10. The van der Waals surface area contributed by atoms with E-state index in [9.17, 15) is 10.5 Å². The largest absolute Gasteiger partial charge is 0.439 e. The Hall–Kier alpha value is -6.88. The van der Waals surface area contributed by atoms with E-state index < -0.39 is 0 Å². The van der Waals surface area contributed by atoms with Crippen LogP contribution in [-0.2, 0) is 0 Å². The minimum atomic E-state index is 0.202. The molecule has 0 saturated carbocycles. The van der Waals surface area contributed by atoms with Gasteiger partial charge in [0.25, 0.3) is 0 Å². The first-order valence-corrected chi connectivity index (χ1v) is 12.2. The molecule has 0 unspecified atom stereocenters. The van der Waals surface area contributed by atoms with Crippen LogP contribution in [0, 0.1) is 45.3 Å². The molecule has 0 radical (unpaired) electrons. The van der Waals surface area contributed by atoms with Gasteiger partial charge < -0.3 is 18.9 Å². The average Bonchev–Trinajstić information content (AvgIpc) is 3.01. The molecular weight excluding hydrogens is 532 g/mol. The molecule has 0 spiro atoms. The summed E-state index contributed by atoms with van der Waals surface area (Å²) in [6.45, 7) is 0. The van der Waals surface area contributed by atoms with E-state index >= 15 is 0 Å². The zero-order valence-electron chi connectivity index (χ0n) is 21.6. The summed E-state index contributed by atoms with van der Waals surface area (Å²) in [6, 6.07) is 33.8. The topological polar surface area (TPSA) is 158 Å². The average molecular weight is 549 g/mol. The van der Waals surface area contributed by atoms with Crippen molar-refractivity contribution in [2.24, 2.45) is 0 Å². The monoisotopic (exact) mass is 548 g/mol. The van der Waals surface area contributed by atoms with Crippen LogP contribution in [0.25, 0.3) is 0 Å². The van der Waals surface area contributed by atoms with Gasteiger partial charge in [0.1, 0.15) is 47.3 Å². The molecular formula is C32H16N6O4. The van der Waals surface area contributed by atoms with Crippen molar-refractivity contribution in [2.75, 3.05) is 0 Å². The molecule has 198 valence electrons. The molecule has 0 atom stereocenters. The molecule has 10 heteroatoms. The summed E-state index contributed by atoms with van der Waals surface area (Å²) in [5.41, 5.74) is 0.917. The molecule has 42 heavy (non-hydrogen) atoms. The molecule has 0 amide bonds. The smallest absolute Gasteiger partial charge is 0.222 e. The van der Waals surface area contributed by atoms with Gasteiger partial charge in [-0.15, -0.1) is 0 Å². The minimum Gasteiger partial charge on any atom is -0.439 e. The highest BCUT2D eigenvalue weighted by molar-refractivity contribution is 5.51. The predicted molar refractivity (Wildman–Crippen MR) is 147 cm³/mol. The number of ether oxygens (including phenoxy) is 4. The van der Waals surface area contributed by atoms with Crippen molar-refractivity contribution in [3.63, 3.8) is 0 Å². The van der Waals surface area contributed by atoms with Crippen molar-refractivity contribution in [1.29, 1.82) is 21.0 Å². The SMILES string of the molecule is N#Cc1ccc(Oc2cccc(Oc3cccc(Oc4cccc(Oc5ccc(C#N)c(C#N)c5)n4)c3)n2)cc1C#N. The lowest BCUT2D eigenvalue weighted by Crippen LogP contribution is -1.94. The van der Waals surface area contributed by atoms with Gasteiger partial charge >= 0.3 is 0 Å². The van der Waals surface area contributed by atoms with E-state index in [2.05, 4.69) is 9.97 Å². The Morgan fingerprint density at radius 2 is 0.714 bits per heavy atom. The van der Waals surface area contributed by atoms with E-state index in [0.717, 1.165) is 0 Å². The second-order valence-electron chi connectivity index (χ2n) is 8.37. The van der Waals surface area contributed by atoms with Crippen molar-refractivity contribution < 1.29 is 18.9 Å². The molecule has 0 aliphatic heterocycles. The van der Waals surface area contributed by atoms with E-state index in [1.54, 1.807) is 72.8 Å². The van der Waals surface area contributed by atoms with E-state index in [1.807, 2.05) is 24.3 Å². The second kappa shape index (κ2) is 12.3. The highest BCUT2D eigenvalue weighted by Gasteiger charge is 2.10. The zero-order valence-corrected chi connectivity index (χ0v) is 21.6. The Labute approximate surface area is 240 Å². The third-order valence-corrected chi connectivity index (χ3v) is 5.56. The Morgan fingerprint density at radius 1 is 0.381 bits per heavy atom. The molecule has 0 aliphatic rings. The number of benzene rings is 3. The van der Waals surface area contributed by atoms with Crippen molar-refractivity contribution in [3.05, 3.63) is 119 Å². The van der Waals surface area contributed by atoms with E-state index in [1.165, 1.54) is 24.3 Å². The van der Waals surface area contributed by atoms with Gasteiger partial charge in [-0.3, -0.25) is 0 Å². The summed E-state index contributed by atoms with van der Waals surface area (Å²) in [4.78, 5) is 8.70. The van der Waals surface area contributed by atoms with E-state index in [0.29, 0.717) is 23.0 Å². The maximum absolute atomic E-state index is 9.24. The molecule has 0 fully saturated rings. The lowest BCUT2D eigenvalue weighted by molar-refractivity contribution is 0.415. The number of hydrogen-bond acceptors (Lipinski definition) is 10. The number of hydrogen-bond donors (Lipinski definition) is 0. The highest BCUT2D eigenvalue weighted by atomic mass is 16.5. The van der Waals surface area contributed by atoms with Gasteiger partial charge in [0.15, 0.2) is 0 Å². The standard InChI is InChI=1S/C32H16N6O4/c33-17-21-10-12-27(14-23(21)19-35)41-31-8-2-6-29(37-31)39-25-4-1-5-26(16-25)40-30-7-3-9-32(38-30)42-28-13-11-22(18-34)24(15-28)20-36/h1-16H. The van der Waals surface area contributed by atoms with Crippen LogP contribution < -0.4 is 18.9 Å². The molecule has 0 saturated heterocycles. The van der Waals surface area contributed by atoms with Crippen LogP contribution in [0.3, 0.4) is 0 Å². The van der Waals surface area contributed by atoms with Crippen LogP contribution in [0.2, 0.25) is 0 Å². The van der Waals surface area contributed by atoms with Gasteiger partial charge in [0.2, 0.25) is 23.5 Å². The van der Waals surface area contributed by atoms with Gasteiger partial charge in [-0.2, -0.15) is 31.0 Å². The van der Waals surface area contributed by atoms with Crippen molar-refractivity contribution in [1.82, 2.24) is 9.97 Å². The Bertz CT molecular complexity index is 1830. The molecule has 10 nitrogen and oxygen atoms in total. The molecule has 0 bridgehead atoms. The van der Waals surface area contributed by atoms with Crippen LogP contribution in [0.5, 0.6) is 46.5 Å². The van der Waals surface area contributed by atoms with Gasteiger partial charge in [0.05, 0.1) is 22.3 Å². The molecule has 2 heterocycles. The van der Waals surface area contributed by atoms with Gasteiger partial charge in [-0.1, -0.05) is 18.2 Å². The lowest BCUT2D eigenvalue weighted by atomic mass is 10.1. The fourth-order valence-corrected chi connectivity index (χ4v) is 3.66. The van der Waals surface area contributed by atoms with Crippen molar-refractivity contribution in [3.8, 4) is 70.8 Å². The highest BCUT2D eigenvalue weighted by Crippen LogP contribution is 2.30. The summed E-state index contributed by atoms with van der Waals surface area (Å²) in [5.74, 6) is 2.57. The normalized spacial score (nSPS) is 9.81. The van der Waals surface area contributed by atoms with Gasteiger partial charge in [-0.05, 0) is 48.5 Å². The van der Waals surface area contributed by atoms with E-state index in [-0.39, 0.29) is 45.8 Å². The fraction of sp³-hybridized carbons (Fsp3) is 0. The first kappa shape index (κ1) is 26.7. The van der Waals surface area contributed by atoms with E-state index in [4.69, 9.17) is 29.5 Å². The van der Waals surface area contributed by atoms with Gasteiger partial charge in [-0.25, -0.2) is 0 Å². The van der Waals surface area contributed by atoms with Crippen LogP contribution in [0.15, 0.2) is 97.1 Å². The molecule has 5 rings (SSSR count). The van der Waals surface area contributed by atoms with Gasteiger partial charge in [0, 0.05) is 30.3 Å². The minimum absolute atomic E-state index is 0.202. The van der Waals surface area contributed by atoms with Crippen LogP contribution in [0.4, 0.5) is 0 Å². The quantitative estimate of drug-likeness (QED) is 0.195. The number of pyridine rings is 2. The number of aromatic nitrogens is 2. The zero-order chi connectivity index (χ0) is 29.3. The first-order chi connectivity index (χ1) is 20.6. The maximum Gasteiger partial charge on any atom is 0.222 e. The number of nitriles is 4. The maximum atomic E-state index is 9.24. The summed E-state index contributed by atoms with van der Waals surface area (Å²) < 4.78 is 23.3. The molecule has 5 aromatic rings. The second-order valence-corrected chi connectivity index (χ2v) is 8.37. The molecule has 2 aromatic heterocycles. The Kier molecular flexibility index (Phi) is 7.84. The number of rotatable bonds is 8. The van der Waals surface area contributed by atoms with Crippen LogP contribution in [0.1, 0.15) is 22.3 Å². The fourth-order valence-electron chi connectivity index (χ4n) is 3.66. The summed E-state index contributed by atoms with van der Waals surface area (Å²) in [6.07, 6.45) is 0. The summed E-state index contributed by atoms with van der Waals surface area (Å²) in [7, 11) is 0. The third kappa shape index (κ3) is 6.39. The van der Waals surface area contributed by atoms with Crippen LogP contribution >= 0.6 is 0 Å². The first-order valence-electron chi connectivity index (χ1n) is 12.2. The number of nitrogens with zero attached hydrogens (tertiary/aromatic N) is 6.